The number of fused-ring (bicyclic) bond motifs is 2. The first kappa shape index (κ1) is 59.6. The molecule has 2 aliphatic rings. The highest BCUT2D eigenvalue weighted by molar-refractivity contribution is 7.91. The number of pyridine rings is 2. The van der Waals surface area contributed by atoms with Crippen LogP contribution in [0.15, 0.2) is 97.6 Å². The Morgan fingerprint density at radius 2 is 0.890 bits per heavy atom. The second-order valence-electron chi connectivity index (χ2n) is 20.0. The van der Waals surface area contributed by atoms with Crippen molar-refractivity contribution in [3.8, 4) is 34.4 Å². The summed E-state index contributed by atoms with van der Waals surface area (Å²) in [6.45, 7) is 12.9. The van der Waals surface area contributed by atoms with Crippen molar-refractivity contribution >= 4 is 31.0 Å². The van der Waals surface area contributed by atoms with Gasteiger partial charge in [0.2, 0.25) is 0 Å². The van der Waals surface area contributed by atoms with Crippen molar-refractivity contribution in [1.29, 1.82) is 0 Å². The molecular formula is C56H70N10O14S2. The zero-order valence-corrected chi connectivity index (χ0v) is 49.2. The molecule has 0 unspecified atom stereocenters. The van der Waals surface area contributed by atoms with Gasteiger partial charge < -0.3 is 56.2 Å². The molecule has 0 saturated carbocycles. The molecule has 0 N–H and O–H groups in total. The lowest BCUT2D eigenvalue weighted by Gasteiger charge is -2.26. The fourth-order valence-corrected chi connectivity index (χ4v) is 12.5. The van der Waals surface area contributed by atoms with E-state index < -0.39 is 66.1 Å². The summed E-state index contributed by atoms with van der Waals surface area (Å²) in [4.78, 5) is 9.32. The average molecular weight is 1170 g/mol. The maximum Gasteiger partial charge on any atom is 0.169 e. The molecule has 2 saturated heterocycles. The molecule has 440 valence electrons. The number of sulfone groups is 2. The van der Waals surface area contributed by atoms with Crippen LogP contribution in [0.4, 0.5) is 0 Å². The number of aromatic nitrogens is 10. The normalized spacial score (nSPS) is 17.6. The van der Waals surface area contributed by atoms with Crippen LogP contribution in [0.25, 0.3) is 22.7 Å². The van der Waals surface area contributed by atoms with Crippen LogP contribution >= 0.6 is 0 Å². The molecule has 26 heteroatoms. The van der Waals surface area contributed by atoms with Crippen molar-refractivity contribution in [2.45, 2.75) is 100 Å². The molecule has 2 aromatic carbocycles. The standard InChI is InChI=1S/2C28H35N5O7S/c2*1-18(2)40-27(20-15-32-12-7-6-11-24(32)29-20)19(3)41(34,35)17-25-30-31-28(23-16-38-13-14-39-23)33(25)26-21(36-4)9-8-10-22(26)37-5/h2*6-12,15,18-19,23,27H,13-14,16-17H2,1-5H3/t19-,23+,27+;19-,23-,27+/m01/s1. The molecule has 0 aliphatic carbocycles. The summed E-state index contributed by atoms with van der Waals surface area (Å²) in [5.74, 6) is 2.12. The topological polar surface area (TPSA) is 257 Å². The van der Waals surface area contributed by atoms with Gasteiger partial charge in [-0.05, 0) is 90.1 Å². The second kappa shape index (κ2) is 26.0. The van der Waals surface area contributed by atoms with E-state index >= 15 is 0 Å². The minimum Gasteiger partial charge on any atom is -0.494 e. The molecule has 0 amide bonds. The first-order chi connectivity index (χ1) is 39.5. The zero-order valence-electron chi connectivity index (χ0n) is 47.5. The highest BCUT2D eigenvalue weighted by Gasteiger charge is 2.39. The van der Waals surface area contributed by atoms with Gasteiger partial charge in [0.1, 0.15) is 81.6 Å². The fourth-order valence-electron chi connectivity index (χ4n) is 9.74. The highest BCUT2D eigenvalue weighted by atomic mass is 32.2. The van der Waals surface area contributed by atoms with Crippen molar-refractivity contribution in [3.63, 3.8) is 0 Å². The number of methoxy groups -OCH3 is 4. The number of para-hydroxylation sites is 2. The summed E-state index contributed by atoms with van der Waals surface area (Å²) in [5, 5.41) is 15.5. The minimum absolute atomic E-state index is 0.183. The first-order valence-electron chi connectivity index (χ1n) is 26.8. The summed E-state index contributed by atoms with van der Waals surface area (Å²) in [5.41, 5.74) is 3.41. The van der Waals surface area contributed by atoms with E-state index in [0.29, 0.717) is 95.1 Å². The zero-order chi connectivity index (χ0) is 58.3. The summed E-state index contributed by atoms with van der Waals surface area (Å²) >= 11 is 0. The Labute approximate surface area is 476 Å². The van der Waals surface area contributed by atoms with Crippen LogP contribution < -0.4 is 18.9 Å². The second-order valence-corrected chi connectivity index (χ2v) is 24.7. The van der Waals surface area contributed by atoms with Crippen molar-refractivity contribution in [1.82, 2.24) is 48.3 Å². The van der Waals surface area contributed by atoms with Crippen LogP contribution in [0.2, 0.25) is 0 Å². The summed E-state index contributed by atoms with van der Waals surface area (Å²) in [7, 11) is -1.64. The Balaban J connectivity index is 0.000000198. The van der Waals surface area contributed by atoms with Gasteiger partial charge in [-0.25, -0.2) is 26.8 Å². The predicted molar refractivity (Wildman–Crippen MR) is 300 cm³/mol. The van der Waals surface area contributed by atoms with E-state index in [2.05, 4.69) is 30.4 Å². The minimum atomic E-state index is -3.88. The molecule has 10 rings (SSSR count). The van der Waals surface area contributed by atoms with Crippen molar-refractivity contribution < 1.29 is 64.2 Å². The van der Waals surface area contributed by atoms with Crippen LogP contribution in [0.5, 0.6) is 23.0 Å². The Morgan fingerprint density at radius 3 is 1.21 bits per heavy atom. The number of nitrogens with zero attached hydrogens (tertiary/aromatic N) is 10. The van der Waals surface area contributed by atoms with Crippen LogP contribution in [0.3, 0.4) is 0 Å². The largest absolute Gasteiger partial charge is 0.494 e. The molecule has 24 nitrogen and oxygen atoms in total. The van der Waals surface area contributed by atoms with E-state index in [0.717, 1.165) is 0 Å². The molecule has 8 heterocycles. The van der Waals surface area contributed by atoms with Gasteiger partial charge in [0.25, 0.3) is 0 Å². The quantitative estimate of drug-likeness (QED) is 0.0663. The van der Waals surface area contributed by atoms with E-state index in [4.69, 9.17) is 47.4 Å². The monoisotopic (exact) mass is 1170 g/mol. The molecule has 6 atom stereocenters. The SMILES string of the molecule is COc1cccc(OC)c1-n1c(CS(=O)(=O)[C@@H](C)[C@@H](OC(C)C)c2cn3ccccc3n2)nnc1[C@H]1COCCO1.COc1cccc(OC)c1-n1c(CS(=O)(=O)[C@H](C)[C@H](OC(C)C)c2cn3ccccc3n2)nnc1[C@H]1COCCO1. The average Bonchev–Trinajstić information content (AvgIpc) is 4.47. The lowest BCUT2D eigenvalue weighted by Crippen LogP contribution is -2.31. The van der Waals surface area contributed by atoms with Crippen molar-refractivity contribution in [2.75, 3.05) is 68.1 Å². The van der Waals surface area contributed by atoms with Crippen molar-refractivity contribution in [3.05, 3.63) is 132 Å². The predicted octanol–water partition coefficient (Wildman–Crippen LogP) is 6.98. The highest BCUT2D eigenvalue weighted by Crippen LogP contribution is 2.40. The molecule has 0 spiro atoms. The molecule has 0 radical (unpaired) electrons. The maximum absolute atomic E-state index is 14.1. The summed E-state index contributed by atoms with van der Waals surface area (Å²) in [6, 6.07) is 21.8. The number of benzene rings is 2. The fraction of sp³-hybridized carbons (Fsp3) is 0.464. The third-order valence-corrected chi connectivity index (χ3v) is 17.9. The number of hydrogen-bond acceptors (Lipinski definition) is 20. The maximum atomic E-state index is 14.1. The number of imidazole rings is 2. The third-order valence-electron chi connectivity index (χ3n) is 13.8. The summed E-state index contributed by atoms with van der Waals surface area (Å²) < 4.78 is 121. The Morgan fingerprint density at radius 1 is 0.512 bits per heavy atom. The van der Waals surface area contributed by atoms with Gasteiger partial charge in [-0.15, -0.1) is 20.4 Å². The van der Waals surface area contributed by atoms with E-state index in [1.165, 1.54) is 28.4 Å². The molecule has 2 aliphatic heterocycles. The van der Waals surface area contributed by atoms with Gasteiger partial charge in [-0.2, -0.15) is 0 Å². The van der Waals surface area contributed by atoms with Gasteiger partial charge in [-0.3, -0.25) is 9.13 Å². The van der Waals surface area contributed by atoms with E-state index in [1.54, 1.807) is 71.8 Å². The molecule has 0 bridgehead atoms. The first-order valence-corrected chi connectivity index (χ1v) is 30.2. The lowest BCUT2D eigenvalue weighted by atomic mass is 10.2. The Bertz CT molecular complexity index is 3320. The lowest BCUT2D eigenvalue weighted by molar-refractivity contribution is -0.0942. The smallest absolute Gasteiger partial charge is 0.169 e. The van der Waals surface area contributed by atoms with E-state index in [1.807, 2.05) is 85.3 Å². The van der Waals surface area contributed by atoms with Gasteiger partial charge in [0.15, 0.2) is 43.0 Å². The number of ether oxygens (including phenoxy) is 10. The van der Waals surface area contributed by atoms with Crippen molar-refractivity contribution in [2.24, 2.45) is 0 Å². The molecule has 2 fully saturated rings. The Hall–Kier alpha value is -7.04. The third kappa shape index (κ3) is 12.9. The van der Waals surface area contributed by atoms with Crippen LogP contribution in [-0.4, -0.2) is 156 Å². The summed E-state index contributed by atoms with van der Waals surface area (Å²) in [6.07, 6.45) is 4.10. The number of hydrogen-bond donors (Lipinski definition) is 0. The molecule has 8 aromatic rings. The van der Waals surface area contributed by atoms with Gasteiger partial charge in [0, 0.05) is 24.8 Å². The number of rotatable bonds is 22. The van der Waals surface area contributed by atoms with Crippen LogP contribution in [-0.2, 0) is 59.6 Å². The van der Waals surface area contributed by atoms with Gasteiger partial charge >= 0.3 is 0 Å². The molecule has 82 heavy (non-hydrogen) atoms. The van der Waals surface area contributed by atoms with E-state index in [9.17, 15) is 16.8 Å². The van der Waals surface area contributed by atoms with Crippen LogP contribution in [0, 0.1) is 0 Å². The molecular weight excluding hydrogens is 1100 g/mol. The molecule has 6 aromatic heterocycles. The van der Waals surface area contributed by atoms with Crippen LogP contribution in [0.1, 0.15) is 101 Å². The van der Waals surface area contributed by atoms with Gasteiger partial charge in [0.05, 0.1) is 102 Å². The van der Waals surface area contributed by atoms with E-state index in [-0.39, 0.29) is 37.1 Å². The Kier molecular flexibility index (Phi) is 18.9. The van der Waals surface area contributed by atoms with Gasteiger partial charge in [-0.1, -0.05) is 24.3 Å².